The minimum Gasteiger partial charge on any atom is -0.0620 e. The van der Waals surface area contributed by atoms with Gasteiger partial charge >= 0.3 is 149 Å². The molecular weight excluding hydrogens is 1370 g/mol. The zero-order chi connectivity index (χ0) is 51.9. The third kappa shape index (κ3) is 23.3. The van der Waals surface area contributed by atoms with Crippen molar-refractivity contribution in [2.45, 2.75) is 75.5 Å². The van der Waals surface area contributed by atoms with Crippen molar-refractivity contribution in [1.29, 1.82) is 0 Å². The van der Waals surface area contributed by atoms with Crippen molar-refractivity contribution < 1.29 is 92.4 Å². The maximum absolute atomic E-state index is 9.16. The van der Waals surface area contributed by atoms with Gasteiger partial charge in [0.05, 0.1) is 11.3 Å². The number of benzene rings is 6. The van der Waals surface area contributed by atoms with Gasteiger partial charge in [-0.25, -0.2) is 0 Å². The van der Waals surface area contributed by atoms with Crippen molar-refractivity contribution in [3.8, 4) is 0 Å². The van der Waals surface area contributed by atoms with Crippen LogP contribution in [0.4, 0.5) is 0 Å². The van der Waals surface area contributed by atoms with Crippen LogP contribution in [0.25, 0.3) is 0 Å². The Morgan fingerprint density at radius 2 is 0.457 bits per heavy atom. The van der Waals surface area contributed by atoms with E-state index in [2.05, 4.69) is 182 Å². The summed E-state index contributed by atoms with van der Waals surface area (Å²) in [4.78, 5) is 0. The zero-order valence-corrected chi connectivity index (χ0v) is 50.3. The van der Waals surface area contributed by atoms with Gasteiger partial charge in [-0.15, -0.1) is 0 Å². The van der Waals surface area contributed by atoms with Gasteiger partial charge in [0.1, 0.15) is 46.4 Å². The van der Waals surface area contributed by atoms with E-state index in [1.807, 2.05) is 56.4 Å². The van der Waals surface area contributed by atoms with Gasteiger partial charge in [-0.1, -0.05) is 122 Å². The normalized spacial score (nSPS) is 14.6. The van der Waals surface area contributed by atoms with Crippen LogP contribution in [0.2, 0.25) is 0 Å². The van der Waals surface area contributed by atoms with Crippen LogP contribution in [0.3, 0.4) is 0 Å². The molecule has 0 aromatic heterocycles. The molecule has 0 radical (unpaired) electrons. The van der Waals surface area contributed by atoms with E-state index in [1.165, 1.54) is 64.2 Å². The second kappa shape index (κ2) is 30.7. The number of hydrogen-bond acceptors (Lipinski definition) is 10. The van der Waals surface area contributed by atoms with Gasteiger partial charge in [-0.3, -0.25) is 0 Å². The molecule has 2 aliphatic carbocycles. The molecule has 6 aromatic carbocycles. The Hall–Kier alpha value is -1.58. The zero-order valence-electron chi connectivity index (χ0n) is 37.4. The molecule has 0 saturated heterocycles. The van der Waals surface area contributed by atoms with E-state index >= 15 is 0 Å². The van der Waals surface area contributed by atoms with Gasteiger partial charge in [0.2, 0.25) is 0 Å². The molecule has 22 heteroatoms. The van der Waals surface area contributed by atoms with E-state index in [4.69, 9.17) is 47.4 Å². The molecule has 70 heavy (non-hydrogen) atoms. The molecule has 6 aromatic rings. The molecule has 0 spiro atoms. The van der Waals surface area contributed by atoms with Crippen LogP contribution in [0.1, 0.15) is 64.2 Å². The Kier molecular flexibility index (Phi) is 27.5. The third-order valence-corrected chi connectivity index (χ3v) is 21.1. The molecule has 0 bridgehead atoms. The predicted molar refractivity (Wildman–Crippen MR) is 270 cm³/mol. The van der Waals surface area contributed by atoms with Crippen LogP contribution in [0.15, 0.2) is 182 Å². The summed E-state index contributed by atoms with van der Waals surface area (Å²) >= 11 is -10.1. The van der Waals surface area contributed by atoms with Crippen molar-refractivity contribution in [3.63, 3.8) is 0 Å². The average molecular weight is 1420 g/mol. The van der Waals surface area contributed by atoms with E-state index in [0.29, 0.717) is 0 Å². The first-order chi connectivity index (χ1) is 32.8. The maximum Gasteiger partial charge on any atom is 0.115 e. The number of halogens is 4. The number of hydrogen-bond donors (Lipinski definition) is 2. The van der Waals surface area contributed by atoms with Crippen molar-refractivity contribution in [3.05, 3.63) is 182 Å². The standard InChI is InChI=1S/2C24H26P.4BrH.4Mn.2H2O.10O/c2*1-5-13-21(14-6-1)25(22-15-7-2-8-16-22,23-17-9-3-10-18-23)24-19-11-4-12-20-24;;;;;;;;;;;;;;;;;;;;/h2*1-3,5-10,13-18,24H,4,11-12,19-20H2;4*1H;;;;;2*1H2;;;;;;;;;;/q2*+1;;;;;2*+1;2*+2;;;;;;;;;;;2*-1/p-6. The van der Waals surface area contributed by atoms with Gasteiger partial charge in [0.25, 0.3) is 0 Å². The van der Waals surface area contributed by atoms with Crippen molar-refractivity contribution >= 4 is 103 Å². The fourth-order valence-electron chi connectivity index (χ4n) is 9.07. The summed E-state index contributed by atoms with van der Waals surface area (Å²) in [6, 6.07) is 68.1. The fourth-order valence-corrected chi connectivity index (χ4v) is 19.5. The van der Waals surface area contributed by atoms with Gasteiger partial charge in [0, 0.05) is 0 Å². The molecule has 2 fully saturated rings. The molecule has 8 rings (SSSR count). The minimum atomic E-state index is -4.56. The van der Waals surface area contributed by atoms with E-state index in [1.54, 1.807) is 31.8 Å². The van der Waals surface area contributed by atoms with E-state index in [-0.39, 0.29) is 0 Å². The third-order valence-electron chi connectivity index (χ3n) is 11.2. The second-order valence-corrected chi connectivity index (χ2v) is 39.9. The molecule has 0 aliphatic heterocycles. The molecule has 0 atom stereocenters. The Balaban J connectivity index is 0.000000268. The Morgan fingerprint density at radius 1 is 0.329 bits per heavy atom. The maximum atomic E-state index is 9.16. The first-order valence-electron chi connectivity index (χ1n) is 21.4. The average Bonchev–Trinajstić information content (AvgIpc) is 3.31. The van der Waals surface area contributed by atoms with Crippen LogP contribution in [-0.4, -0.2) is 19.7 Å². The summed E-state index contributed by atoms with van der Waals surface area (Å²) in [5.41, 5.74) is 1.52. The van der Waals surface area contributed by atoms with Crippen molar-refractivity contribution in [1.82, 2.24) is 0 Å². The molecule has 0 heterocycles. The monoisotopic (exact) mass is 1420 g/mol. The quantitative estimate of drug-likeness (QED) is 0.107. The van der Waals surface area contributed by atoms with Crippen LogP contribution in [0.5, 0.6) is 0 Å². The second-order valence-electron chi connectivity index (χ2n) is 15.5. The van der Waals surface area contributed by atoms with Gasteiger partial charge in [-0.05, 0) is 124 Å². The largest absolute Gasteiger partial charge is 0.115 e. The summed E-state index contributed by atoms with van der Waals surface area (Å²) in [6.07, 6.45) is 13.7. The Bertz CT molecular complexity index is 2390. The molecule has 2 aliphatic rings. The van der Waals surface area contributed by atoms with E-state index in [0.717, 1.165) is 11.3 Å². The van der Waals surface area contributed by atoms with Crippen LogP contribution in [0, 0.1) is 0 Å². The number of rotatable bonds is 8. The van der Waals surface area contributed by atoms with Crippen LogP contribution < -0.4 is 40.2 Å². The Labute approximate surface area is 447 Å². The Morgan fingerprint density at radius 3 is 0.586 bits per heavy atom. The summed E-state index contributed by atoms with van der Waals surface area (Å²) in [6.45, 7) is 0. The molecular formula is C48H54Br4Mn4O12P2. The topological polar surface area (TPSA) is 223 Å². The summed E-state index contributed by atoms with van der Waals surface area (Å²) in [7, 11) is -3.26. The summed E-state index contributed by atoms with van der Waals surface area (Å²) < 4.78 is 106. The molecule has 384 valence electrons. The minimum absolute atomic E-state index is 0.758. The first kappa shape index (κ1) is 62.7. The van der Waals surface area contributed by atoms with Crippen LogP contribution >= 0.6 is 71.0 Å². The summed E-state index contributed by atoms with van der Waals surface area (Å²) in [5, 5.41) is 9.25. The van der Waals surface area contributed by atoms with Crippen molar-refractivity contribution in [2.24, 2.45) is 0 Å². The van der Waals surface area contributed by atoms with Crippen LogP contribution in [-0.2, 0) is 75.6 Å². The van der Waals surface area contributed by atoms with Gasteiger partial charge in [-0.2, -0.15) is 0 Å². The molecule has 2 N–H and O–H groups in total. The van der Waals surface area contributed by atoms with Gasteiger partial charge < -0.3 is 0 Å². The predicted octanol–water partition coefficient (Wildman–Crippen LogP) is 9.56. The van der Waals surface area contributed by atoms with Crippen molar-refractivity contribution in [2.75, 3.05) is 0 Å². The van der Waals surface area contributed by atoms with Gasteiger partial charge in [0.15, 0.2) is 0 Å². The molecule has 12 nitrogen and oxygen atoms in total. The van der Waals surface area contributed by atoms with E-state index in [9.17, 15) is 0 Å². The smallest absolute Gasteiger partial charge is 0.0620 e. The summed E-state index contributed by atoms with van der Waals surface area (Å²) in [5.74, 6) is 0. The molecule has 0 unspecified atom stereocenters. The molecule has 2 saturated carbocycles. The van der Waals surface area contributed by atoms with E-state index < -0.39 is 59.4 Å². The first-order valence-corrected chi connectivity index (χ1v) is 42.7. The SMILES string of the molecule is [O]=[Mn](=[O])([O-])[Br].[O]=[Mn](=[O])([O-])[Br].[O]=[Mn](=[O])([OH])[Br].[O]=[Mn](=[O])([OH])[Br].c1ccc([P+](c2ccccc2)(c2ccccc2)C2CCCCC2)cc1.c1ccc([P+](c2ccccc2)(c2ccccc2)C2CCCCC2)cc1. The fraction of sp³-hybridized carbons (Fsp3) is 0.250. The molecule has 0 amide bonds.